The van der Waals surface area contributed by atoms with E-state index in [2.05, 4.69) is 25.2 Å². The van der Waals surface area contributed by atoms with Gasteiger partial charge in [0.05, 0.1) is 6.61 Å². The zero-order valence-electron chi connectivity index (χ0n) is 20.1. The van der Waals surface area contributed by atoms with Gasteiger partial charge in [-0.05, 0) is 31.6 Å². The van der Waals surface area contributed by atoms with Crippen LogP contribution in [-0.2, 0) is 0 Å². The van der Waals surface area contributed by atoms with E-state index >= 15 is 0 Å². The number of aromatic nitrogens is 4. The predicted molar refractivity (Wildman–Crippen MR) is 122 cm³/mol. The van der Waals surface area contributed by atoms with Crippen LogP contribution in [0.3, 0.4) is 0 Å². The molecule has 0 bridgehead atoms. The maximum Gasteiger partial charge on any atom is 0.324 e. The van der Waals surface area contributed by atoms with Gasteiger partial charge in [0.15, 0.2) is 5.82 Å². The Labute approximate surface area is 197 Å². The molecule has 2 aromatic heterocycles. The summed E-state index contributed by atoms with van der Waals surface area (Å²) in [5.41, 5.74) is -0.333. The lowest BCUT2D eigenvalue weighted by Gasteiger charge is -2.30. The van der Waals surface area contributed by atoms with Crippen molar-refractivity contribution in [3.8, 4) is 17.2 Å². The van der Waals surface area contributed by atoms with Gasteiger partial charge in [0.1, 0.15) is 22.9 Å². The second-order valence-corrected chi connectivity index (χ2v) is 9.37. The highest BCUT2D eigenvalue weighted by atomic mass is 19.1. The molecule has 34 heavy (non-hydrogen) atoms. The van der Waals surface area contributed by atoms with Crippen molar-refractivity contribution in [3.63, 3.8) is 0 Å². The maximum absolute atomic E-state index is 14.6. The second kappa shape index (κ2) is 10.5. The number of ether oxygens (including phenoxy) is 1. The Morgan fingerprint density at radius 2 is 1.76 bits per heavy atom. The molecule has 1 saturated heterocycles. The normalized spacial score (nSPS) is 15.0. The largest absolute Gasteiger partial charge is 0.493 e. The number of halogens is 2. The third-order valence-electron chi connectivity index (χ3n) is 6.02. The monoisotopic (exact) mass is 475 g/mol. The molecule has 0 N–H and O–H groups in total. The Morgan fingerprint density at radius 1 is 1.06 bits per heavy atom. The number of benzene rings is 1. The highest BCUT2D eigenvalue weighted by Crippen LogP contribution is 2.31. The van der Waals surface area contributed by atoms with Crippen molar-refractivity contribution in [3.05, 3.63) is 35.5 Å². The van der Waals surface area contributed by atoms with Crippen LogP contribution in [0.2, 0.25) is 0 Å². The third-order valence-corrected chi connectivity index (χ3v) is 6.02. The molecule has 1 fully saturated rings. The summed E-state index contributed by atoms with van der Waals surface area (Å²) in [5.74, 6) is 0.238. The quantitative estimate of drug-likeness (QED) is 0.363. The zero-order valence-corrected chi connectivity index (χ0v) is 20.1. The number of nitrogens with zero attached hydrogens (tertiary/aromatic N) is 5. The molecule has 10 heteroatoms. The molecule has 0 amide bonds. The van der Waals surface area contributed by atoms with E-state index in [4.69, 9.17) is 13.7 Å². The molecule has 184 valence electrons. The first-order valence-electron chi connectivity index (χ1n) is 11.9. The van der Waals surface area contributed by atoms with Crippen LogP contribution in [0.5, 0.6) is 5.75 Å². The number of anilines is 1. The van der Waals surface area contributed by atoms with E-state index in [0.717, 1.165) is 56.7 Å². The van der Waals surface area contributed by atoms with Crippen LogP contribution >= 0.6 is 0 Å². The number of piperidine rings is 1. The standard InChI is InChI=1S/C24H31F2N5O3/c1-14(2)21-27-24(34-30-21)31-9-7-16(8-10-31)6-5-11-32-17-12-18(25)20(19(26)13-17)23-29-28-22(33-23)15(3)4/h12-16H,5-11H2,1-4H3. The smallest absolute Gasteiger partial charge is 0.324 e. The van der Waals surface area contributed by atoms with E-state index < -0.39 is 11.6 Å². The fourth-order valence-corrected chi connectivity index (χ4v) is 3.97. The van der Waals surface area contributed by atoms with Gasteiger partial charge in [-0.2, -0.15) is 4.98 Å². The van der Waals surface area contributed by atoms with E-state index in [1.165, 1.54) is 0 Å². The van der Waals surface area contributed by atoms with Gasteiger partial charge in [-0.15, -0.1) is 10.2 Å². The number of hydrogen-bond donors (Lipinski definition) is 0. The summed E-state index contributed by atoms with van der Waals surface area (Å²) in [7, 11) is 0. The van der Waals surface area contributed by atoms with E-state index in [1.54, 1.807) is 0 Å². The fourth-order valence-electron chi connectivity index (χ4n) is 3.97. The van der Waals surface area contributed by atoms with Crippen molar-refractivity contribution >= 4 is 6.01 Å². The molecule has 0 spiro atoms. The first kappa shape index (κ1) is 24.1. The third kappa shape index (κ3) is 5.53. The number of hydrogen-bond acceptors (Lipinski definition) is 8. The van der Waals surface area contributed by atoms with Crippen LogP contribution in [0.15, 0.2) is 21.1 Å². The minimum atomic E-state index is -0.789. The molecule has 3 aromatic rings. The Bertz CT molecular complexity index is 1070. The maximum atomic E-state index is 14.6. The molecule has 3 heterocycles. The molecule has 0 atom stereocenters. The molecule has 1 aliphatic rings. The van der Waals surface area contributed by atoms with Crippen molar-refractivity contribution in [2.45, 2.75) is 65.2 Å². The van der Waals surface area contributed by atoms with E-state index in [1.807, 2.05) is 27.7 Å². The van der Waals surface area contributed by atoms with Crippen LogP contribution in [0.1, 0.15) is 76.9 Å². The SMILES string of the molecule is CC(C)c1noc(N2CCC(CCCOc3cc(F)c(-c4nnc(C(C)C)o4)c(F)c3)CC2)n1. The van der Waals surface area contributed by atoms with Crippen LogP contribution in [-0.4, -0.2) is 40.0 Å². The summed E-state index contributed by atoms with van der Waals surface area (Å²) in [6, 6.07) is 2.91. The van der Waals surface area contributed by atoms with Crippen molar-refractivity contribution in [2.75, 3.05) is 24.6 Å². The van der Waals surface area contributed by atoms with Crippen molar-refractivity contribution < 1.29 is 22.5 Å². The first-order valence-corrected chi connectivity index (χ1v) is 11.9. The number of rotatable bonds is 9. The lowest BCUT2D eigenvalue weighted by Crippen LogP contribution is -2.34. The Morgan fingerprint density at radius 3 is 2.35 bits per heavy atom. The van der Waals surface area contributed by atoms with E-state index in [9.17, 15) is 8.78 Å². The molecule has 1 aliphatic heterocycles. The van der Waals surface area contributed by atoms with Crippen LogP contribution < -0.4 is 9.64 Å². The highest BCUT2D eigenvalue weighted by Gasteiger charge is 2.24. The van der Waals surface area contributed by atoms with Crippen LogP contribution in [0, 0.1) is 17.6 Å². The average molecular weight is 476 g/mol. The van der Waals surface area contributed by atoms with Crippen molar-refractivity contribution in [1.29, 1.82) is 0 Å². The lowest BCUT2D eigenvalue weighted by molar-refractivity contribution is 0.274. The van der Waals surface area contributed by atoms with Gasteiger partial charge in [0.2, 0.25) is 5.89 Å². The minimum absolute atomic E-state index is 0.0289. The molecule has 0 unspecified atom stereocenters. The Hall–Kier alpha value is -3.04. The molecule has 8 nitrogen and oxygen atoms in total. The molecular weight excluding hydrogens is 444 g/mol. The summed E-state index contributed by atoms with van der Waals surface area (Å²) in [6.45, 7) is 9.93. The lowest BCUT2D eigenvalue weighted by atomic mass is 9.92. The summed E-state index contributed by atoms with van der Waals surface area (Å²) in [4.78, 5) is 6.60. The Kier molecular flexibility index (Phi) is 7.43. The molecule has 0 saturated carbocycles. The van der Waals surface area contributed by atoms with Gasteiger partial charge >= 0.3 is 6.01 Å². The summed E-state index contributed by atoms with van der Waals surface area (Å²) in [6.07, 6.45) is 3.84. The summed E-state index contributed by atoms with van der Waals surface area (Å²) >= 11 is 0. The molecule has 4 rings (SSSR count). The second-order valence-electron chi connectivity index (χ2n) is 9.37. The minimum Gasteiger partial charge on any atom is -0.493 e. The fraction of sp³-hybridized carbons (Fsp3) is 0.583. The van der Waals surface area contributed by atoms with E-state index in [0.29, 0.717) is 24.4 Å². The van der Waals surface area contributed by atoms with E-state index in [-0.39, 0.29) is 29.0 Å². The van der Waals surface area contributed by atoms with Gasteiger partial charge in [-0.3, -0.25) is 0 Å². The summed E-state index contributed by atoms with van der Waals surface area (Å²) in [5, 5.41) is 11.6. The molecule has 0 radical (unpaired) electrons. The van der Waals surface area contributed by atoms with Crippen molar-refractivity contribution in [2.24, 2.45) is 5.92 Å². The average Bonchev–Trinajstić information content (AvgIpc) is 3.47. The predicted octanol–water partition coefficient (Wildman–Crippen LogP) is 5.72. The molecule has 0 aliphatic carbocycles. The van der Waals surface area contributed by atoms with Gasteiger partial charge in [0.25, 0.3) is 5.89 Å². The van der Waals surface area contributed by atoms with Crippen molar-refractivity contribution in [1.82, 2.24) is 20.3 Å². The Balaban J connectivity index is 1.23. The van der Waals surface area contributed by atoms with Gasteiger partial charge in [-0.25, -0.2) is 8.78 Å². The highest BCUT2D eigenvalue weighted by molar-refractivity contribution is 5.56. The first-order chi connectivity index (χ1) is 16.3. The zero-order chi connectivity index (χ0) is 24.2. The summed E-state index contributed by atoms with van der Waals surface area (Å²) < 4.78 is 45.5. The van der Waals surface area contributed by atoms with Crippen LogP contribution in [0.25, 0.3) is 11.5 Å². The molecule has 1 aromatic carbocycles. The topological polar surface area (TPSA) is 90.3 Å². The molecular formula is C24H31F2N5O3. The van der Waals surface area contributed by atoms with Crippen LogP contribution in [0.4, 0.5) is 14.8 Å². The van der Waals surface area contributed by atoms with Gasteiger partial charge in [0, 0.05) is 37.1 Å². The van der Waals surface area contributed by atoms with Gasteiger partial charge < -0.3 is 18.6 Å². The van der Waals surface area contributed by atoms with Gasteiger partial charge in [-0.1, -0.05) is 32.9 Å².